The minimum absolute atomic E-state index is 0.720. The summed E-state index contributed by atoms with van der Waals surface area (Å²) in [6.45, 7) is 9.74. The van der Waals surface area contributed by atoms with E-state index in [0.29, 0.717) is 0 Å². The highest BCUT2D eigenvalue weighted by molar-refractivity contribution is 7.11. The number of hydrogen-bond donors (Lipinski definition) is 0. The lowest BCUT2D eigenvalue weighted by molar-refractivity contribution is 0.307. The zero-order valence-corrected chi connectivity index (χ0v) is 15.7. The summed E-state index contributed by atoms with van der Waals surface area (Å²) in [4.78, 5) is 13.9. The summed E-state index contributed by atoms with van der Waals surface area (Å²) in [5.41, 5.74) is 2.31. The first-order valence-corrected chi connectivity index (χ1v) is 10.1. The average molecular weight is 356 g/mol. The number of aryl methyl sites for hydroxylation is 1. The summed E-state index contributed by atoms with van der Waals surface area (Å²) in [5, 5.41) is 11.3. The van der Waals surface area contributed by atoms with Gasteiger partial charge in [-0.2, -0.15) is 0 Å². The fraction of sp³-hybridized carbons (Fsp3) is 0.667. The largest absolute Gasteiger partial charge is 0.356 e. The molecule has 3 fully saturated rings. The van der Waals surface area contributed by atoms with Crippen LogP contribution in [0.1, 0.15) is 40.0 Å². The zero-order valence-electron chi connectivity index (χ0n) is 14.9. The highest BCUT2D eigenvalue weighted by Crippen LogP contribution is 2.41. The summed E-state index contributed by atoms with van der Waals surface area (Å²) in [7, 11) is 0. The van der Waals surface area contributed by atoms with E-state index in [9.17, 15) is 0 Å². The second-order valence-corrected chi connectivity index (χ2v) is 8.93. The van der Waals surface area contributed by atoms with E-state index in [2.05, 4.69) is 43.8 Å². The maximum atomic E-state index is 4.54. The van der Waals surface area contributed by atoms with Crippen LogP contribution in [0.5, 0.6) is 0 Å². The molecule has 5 rings (SSSR count). The van der Waals surface area contributed by atoms with Crippen LogP contribution in [-0.4, -0.2) is 51.2 Å². The molecule has 3 aliphatic rings. The van der Waals surface area contributed by atoms with E-state index in [-0.39, 0.29) is 0 Å². The van der Waals surface area contributed by atoms with Crippen LogP contribution in [-0.2, 0) is 6.54 Å². The second kappa shape index (κ2) is 5.99. The van der Waals surface area contributed by atoms with Crippen LogP contribution >= 0.6 is 11.3 Å². The molecule has 2 saturated heterocycles. The van der Waals surface area contributed by atoms with Gasteiger partial charge in [0.1, 0.15) is 22.2 Å². The Kier molecular flexibility index (Phi) is 3.74. The highest BCUT2D eigenvalue weighted by atomic mass is 32.1. The van der Waals surface area contributed by atoms with Crippen molar-refractivity contribution in [1.82, 2.24) is 25.1 Å². The monoisotopic (exact) mass is 356 g/mol. The van der Waals surface area contributed by atoms with Crippen molar-refractivity contribution in [3.8, 4) is 0 Å². The van der Waals surface area contributed by atoms with Crippen molar-refractivity contribution in [3.63, 3.8) is 0 Å². The van der Waals surface area contributed by atoms with Crippen LogP contribution in [0.3, 0.4) is 0 Å². The molecule has 25 heavy (non-hydrogen) atoms. The lowest BCUT2D eigenvalue weighted by atomic mass is 10.0. The van der Waals surface area contributed by atoms with Crippen molar-refractivity contribution in [2.45, 2.75) is 39.2 Å². The third kappa shape index (κ3) is 2.93. The van der Waals surface area contributed by atoms with Gasteiger partial charge in [0.2, 0.25) is 0 Å². The Morgan fingerprint density at radius 2 is 1.80 bits per heavy atom. The van der Waals surface area contributed by atoms with E-state index in [1.54, 1.807) is 6.33 Å². The van der Waals surface area contributed by atoms with Crippen molar-refractivity contribution in [2.24, 2.45) is 11.8 Å². The molecule has 0 amide bonds. The number of fused-ring (bicyclic) bond motifs is 1. The van der Waals surface area contributed by atoms with E-state index in [0.717, 1.165) is 48.9 Å². The third-order valence-electron chi connectivity index (χ3n) is 5.94. The van der Waals surface area contributed by atoms with Crippen molar-refractivity contribution in [1.29, 1.82) is 0 Å². The Morgan fingerprint density at radius 1 is 1.04 bits per heavy atom. The van der Waals surface area contributed by atoms with E-state index in [1.165, 1.54) is 41.5 Å². The molecule has 2 aromatic heterocycles. The number of hydrogen-bond acceptors (Lipinski definition) is 7. The summed E-state index contributed by atoms with van der Waals surface area (Å²) in [6, 6.07) is 0. The molecular formula is C18H24N6S. The van der Waals surface area contributed by atoms with Gasteiger partial charge < -0.3 is 4.90 Å². The van der Waals surface area contributed by atoms with Crippen LogP contribution in [0.25, 0.3) is 0 Å². The average Bonchev–Trinajstić information content (AvgIpc) is 3.03. The fourth-order valence-electron chi connectivity index (χ4n) is 4.25. The van der Waals surface area contributed by atoms with Gasteiger partial charge >= 0.3 is 0 Å². The molecule has 7 heteroatoms. The molecule has 4 heterocycles. The first-order valence-electron chi connectivity index (χ1n) is 9.25. The van der Waals surface area contributed by atoms with Gasteiger partial charge in [-0.3, -0.25) is 4.90 Å². The number of nitrogens with zero attached hydrogens (tertiary/aromatic N) is 6. The number of anilines is 1. The maximum absolute atomic E-state index is 4.54. The molecule has 1 aliphatic carbocycles. The fourth-order valence-corrected chi connectivity index (χ4v) is 5.31. The van der Waals surface area contributed by atoms with Gasteiger partial charge in [-0.15, -0.1) is 10.2 Å². The van der Waals surface area contributed by atoms with Crippen molar-refractivity contribution >= 4 is 17.2 Å². The predicted molar refractivity (Wildman–Crippen MR) is 97.9 cm³/mol. The van der Waals surface area contributed by atoms with Crippen molar-refractivity contribution in [3.05, 3.63) is 27.6 Å². The highest BCUT2D eigenvalue weighted by Gasteiger charge is 2.41. The summed E-state index contributed by atoms with van der Waals surface area (Å²) in [6.07, 6.45) is 4.31. The van der Waals surface area contributed by atoms with E-state index >= 15 is 0 Å². The standard InChI is InChI=1S/C18H24N6S/c1-11-12(2)19-10-20-17(11)24-7-14-5-23(6-15(14)8-24)9-16-21-22-18(25-16)13-3-4-13/h10,13-15H,3-9H2,1-2H3. The van der Waals surface area contributed by atoms with Gasteiger partial charge in [0.05, 0.1) is 6.54 Å². The Labute approximate surface area is 152 Å². The summed E-state index contributed by atoms with van der Waals surface area (Å²) >= 11 is 1.83. The van der Waals surface area contributed by atoms with Crippen LogP contribution in [0.4, 0.5) is 5.82 Å². The topological polar surface area (TPSA) is 58.0 Å². The summed E-state index contributed by atoms with van der Waals surface area (Å²) in [5.74, 6) is 3.33. The van der Waals surface area contributed by atoms with Crippen LogP contribution < -0.4 is 4.90 Å². The summed E-state index contributed by atoms with van der Waals surface area (Å²) < 4.78 is 0. The normalized spacial score (nSPS) is 26.4. The van der Waals surface area contributed by atoms with Crippen molar-refractivity contribution in [2.75, 3.05) is 31.1 Å². The molecule has 6 nitrogen and oxygen atoms in total. The smallest absolute Gasteiger partial charge is 0.135 e. The SMILES string of the molecule is Cc1ncnc(N2CC3CN(Cc4nnc(C5CC5)s4)CC3C2)c1C. The number of likely N-dealkylation sites (tertiary alicyclic amines) is 1. The Morgan fingerprint density at radius 3 is 2.52 bits per heavy atom. The van der Waals surface area contributed by atoms with Crippen LogP contribution in [0.2, 0.25) is 0 Å². The molecule has 2 aliphatic heterocycles. The van der Waals surface area contributed by atoms with Gasteiger partial charge in [0.25, 0.3) is 0 Å². The van der Waals surface area contributed by atoms with E-state index < -0.39 is 0 Å². The van der Waals surface area contributed by atoms with Crippen molar-refractivity contribution < 1.29 is 0 Å². The predicted octanol–water partition coefficient (Wildman–Crippen LogP) is 2.39. The molecule has 0 radical (unpaired) electrons. The van der Waals surface area contributed by atoms with Gasteiger partial charge in [-0.25, -0.2) is 9.97 Å². The number of aromatic nitrogens is 4. The molecule has 1 saturated carbocycles. The first kappa shape index (κ1) is 15.6. The van der Waals surface area contributed by atoms with E-state index in [1.807, 2.05) is 11.3 Å². The molecule has 0 N–H and O–H groups in total. The van der Waals surface area contributed by atoms with Gasteiger partial charge in [-0.05, 0) is 38.5 Å². The van der Waals surface area contributed by atoms with Crippen LogP contribution in [0, 0.1) is 25.7 Å². The number of rotatable bonds is 4. The van der Waals surface area contributed by atoms with Gasteiger partial charge in [0.15, 0.2) is 0 Å². The maximum Gasteiger partial charge on any atom is 0.135 e. The quantitative estimate of drug-likeness (QED) is 0.838. The lowest BCUT2D eigenvalue weighted by Gasteiger charge is -2.23. The second-order valence-electron chi connectivity index (χ2n) is 7.84. The van der Waals surface area contributed by atoms with Gasteiger partial charge in [-0.1, -0.05) is 11.3 Å². The van der Waals surface area contributed by atoms with Gasteiger partial charge in [0, 0.05) is 43.4 Å². The Balaban J connectivity index is 1.22. The molecular weight excluding hydrogens is 332 g/mol. The molecule has 0 spiro atoms. The molecule has 0 bridgehead atoms. The van der Waals surface area contributed by atoms with Crippen LogP contribution in [0.15, 0.2) is 6.33 Å². The molecule has 0 aromatic carbocycles. The molecule has 2 unspecified atom stereocenters. The Hall–Kier alpha value is -1.60. The third-order valence-corrected chi connectivity index (χ3v) is 7.01. The molecule has 132 valence electrons. The first-order chi connectivity index (χ1) is 12.2. The lowest BCUT2D eigenvalue weighted by Crippen LogP contribution is -2.29. The van der Waals surface area contributed by atoms with E-state index in [4.69, 9.17) is 0 Å². The molecule has 2 atom stereocenters. The minimum atomic E-state index is 0.720. The minimum Gasteiger partial charge on any atom is -0.356 e. The molecule has 2 aromatic rings. The zero-order chi connectivity index (χ0) is 17.0. The Bertz CT molecular complexity index is 772.